The van der Waals surface area contributed by atoms with Gasteiger partial charge in [-0.15, -0.1) is 0 Å². The van der Waals surface area contributed by atoms with Crippen molar-refractivity contribution < 1.29 is 14.0 Å². The average molecular weight is 423 g/mol. The van der Waals surface area contributed by atoms with Gasteiger partial charge in [0, 0.05) is 56.6 Å². The minimum absolute atomic E-state index is 0.0120. The van der Waals surface area contributed by atoms with Gasteiger partial charge in [-0.2, -0.15) is 0 Å². The van der Waals surface area contributed by atoms with E-state index >= 15 is 0 Å². The predicted molar refractivity (Wildman–Crippen MR) is 115 cm³/mol. The van der Waals surface area contributed by atoms with Crippen LogP contribution in [0.5, 0.6) is 0 Å². The minimum atomic E-state index is -0.772. The van der Waals surface area contributed by atoms with Crippen molar-refractivity contribution in [2.75, 3.05) is 19.6 Å². The third-order valence-electron chi connectivity index (χ3n) is 8.24. The van der Waals surface area contributed by atoms with Crippen LogP contribution < -0.4 is 10.6 Å². The number of rotatable bonds is 3. The molecule has 170 valence electrons. The Kier molecular flexibility index (Phi) is 6.68. The summed E-state index contributed by atoms with van der Waals surface area (Å²) in [5.41, 5.74) is 0. The molecule has 0 aromatic carbocycles. The van der Waals surface area contributed by atoms with Crippen LogP contribution >= 0.6 is 0 Å². The van der Waals surface area contributed by atoms with Crippen molar-refractivity contribution in [2.45, 2.75) is 102 Å². The van der Waals surface area contributed by atoms with Crippen molar-refractivity contribution in [1.29, 1.82) is 0 Å². The van der Waals surface area contributed by atoms with Gasteiger partial charge in [0.05, 0.1) is 6.04 Å². The Balaban J connectivity index is 1.30. The fourth-order valence-electron chi connectivity index (χ4n) is 6.50. The number of carbonyl (C=O) groups excluding carboxylic acids is 2. The molecule has 0 radical (unpaired) electrons. The van der Waals surface area contributed by atoms with Gasteiger partial charge >= 0.3 is 0 Å². The van der Waals surface area contributed by atoms with E-state index in [2.05, 4.69) is 29.4 Å². The summed E-state index contributed by atoms with van der Waals surface area (Å²) in [7, 11) is 0. The highest BCUT2D eigenvalue weighted by atomic mass is 19.1. The van der Waals surface area contributed by atoms with E-state index in [9.17, 15) is 14.0 Å². The summed E-state index contributed by atoms with van der Waals surface area (Å²) in [6, 6.07) is 0.892. The molecule has 2 N–H and O–H groups in total. The fraction of sp³-hybridized carbons (Fsp3) is 0.913. The Bertz CT molecular complexity index is 629. The second-order valence-corrected chi connectivity index (χ2v) is 10.3. The van der Waals surface area contributed by atoms with E-state index in [1.165, 1.54) is 0 Å². The minimum Gasteiger partial charge on any atom is -0.352 e. The first-order chi connectivity index (χ1) is 14.3. The zero-order chi connectivity index (χ0) is 21.4. The molecule has 2 amide bonds. The van der Waals surface area contributed by atoms with E-state index < -0.39 is 6.17 Å². The highest BCUT2D eigenvalue weighted by molar-refractivity contribution is 5.82. The molecule has 4 fully saturated rings. The predicted octanol–water partition coefficient (Wildman–Crippen LogP) is 2.08. The van der Waals surface area contributed by atoms with Gasteiger partial charge in [-0.05, 0) is 57.8 Å². The number of hydrogen-bond acceptors (Lipinski definition) is 4. The van der Waals surface area contributed by atoms with Crippen molar-refractivity contribution in [3.05, 3.63) is 0 Å². The summed E-state index contributed by atoms with van der Waals surface area (Å²) in [6.07, 6.45) is 5.66. The summed E-state index contributed by atoms with van der Waals surface area (Å²) in [4.78, 5) is 29.1. The van der Waals surface area contributed by atoms with Crippen LogP contribution in [0.1, 0.15) is 65.7 Å². The monoisotopic (exact) mass is 422 g/mol. The number of nitrogens with zero attached hydrogens (tertiary/aromatic N) is 2. The van der Waals surface area contributed by atoms with Gasteiger partial charge in [-0.25, -0.2) is 4.39 Å². The molecule has 4 aliphatic rings. The second-order valence-electron chi connectivity index (χ2n) is 10.3. The number of nitrogens with one attached hydrogen (secondary N) is 2. The third-order valence-corrected chi connectivity index (χ3v) is 8.24. The molecule has 8 atom stereocenters. The highest BCUT2D eigenvalue weighted by Crippen LogP contribution is 2.38. The molecular weight excluding hydrogens is 383 g/mol. The van der Waals surface area contributed by atoms with Gasteiger partial charge < -0.3 is 15.5 Å². The summed E-state index contributed by atoms with van der Waals surface area (Å²) in [5.74, 6) is 0.643. The highest BCUT2D eigenvalue weighted by Gasteiger charge is 2.46. The molecular formula is C23H39FN4O2. The van der Waals surface area contributed by atoms with Crippen molar-refractivity contribution in [3.63, 3.8) is 0 Å². The third kappa shape index (κ3) is 4.52. The van der Waals surface area contributed by atoms with Gasteiger partial charge in [-0.3, -0.25) is 14.5 Å². The number of halogens is 1. The smallest absolute Gasteiger partial charge is 0.237 e. The standard InChI is InChI=1S/C23H39FN4O2/c1-14-7-8-20(24)19-12-21(26-22(14)19)23(30)25-17-5-4-6-18(11-17)28-10-9-27(16(3)29)13-15(28)2/h14-15,17-22,26H,4-13H2,1-3H3,(H,25,30)/t14?,15-,17+,18+,19?,20?,21?,22?/m0/s1. The zero-order valence-electron chi connectivity index (χ0n) is 18.8. The van der Waals surface area contributed by atoms with Crippen LogP contribution in [-0.2, 0) is 9.59 Å². The molecule has 0 aromatic heterocycles. The van der Waals surface area contributed by atoms with Crippen LogP contribution in [0.25, 0.3) is 0 Å². The first-order valence-corrected chi connectivity index (χ1v) is 12.0. The lowest BCUT2D eigenvalue weighted by molar-refractivity contribution is -0.132. The first-order valence-electron chi connectivity index (χ1n) is 12.0. The average Bonchev–Trinajstić information content (AvgIpc) is 3.18. The number of alkyl halides is 1. The molecule has 2 saturated carbocycles. The number of carbonyl (C=O) groups is 2. The number of amides is 2. The van der Waals surface area contributed by atoms with Gasteiger partial charge in [0.2, 0.25) is 11.8 Å². The maximum Gasteiger partial charge on any atom is 0.237 e. The molecule has 0 bridgehead atoms. The van der Waals surface area contributed by atoms with Crippen LogP contribution in [0.3, 0.4) is 0 Å². The molecule has 0 spiro atoms. The molecule has 7 heteroatoms. The van der Waals surface area contributed by atoms with E-state index in [-0.39, 0.29) is 35.9 Å². The normalized spacial score (nSPS) is 42.6. The largest absolute Gasteiger partial charge is 0.352 e. The van der Waals surface area contributed by atoms with Crippen LogP contribution in [0.2, 0.25) is 0 Å². The Morgan fingerprint density at radius 2 is 1.87 bits per heavy atom. The molecule has 2 heterocycles. The SMILES string of the molecule is CC(=O)N1CCN([C@@H]2CCC[C@@H](NC(=O)C3CC4C(F)CCC(C)C4N3)C2)[C@@H](C)C1. The molecule has 30 heavy (non-hydrogen) atoms. The Morgan fingerprint density at radius 1 is 1.07 bits per heavy atom. The molecule has 4 rings (SSSR count). The Morgan fingerprint density at radius 3 is 2.57 bits per heavy atom. The molecule has 2 saturated heterocycles. The topological polar surface area (TPSA) is 64.7 Å². The fourth-order valence-corrected chi connectivity index (χ4v) is 6.50. The van der Waals surface area contributed by atoms with Crippen molar-refractivity contribution in [1.82, 2.24) is 20.4 Å². The van der Waals surface area contributed by atoms with Crippen LogP contribution in [0.4, 0.5) is 4.39 Å². The van der Waals surface area contributed by atoms with Gasteiger partial charge in [0.25, 0.3) is 0 Å². The summed E-state index contributed by atoms with van der Waals surface area (Å²) >= 11 is 0. The number of piperazine rings is 1. The lowest BCUT2D eigenvalue weighted by atomic mass is 9.77. The molecule has 0 aromatic rings. The Labute approximate surface area is 180 Å². The molecule has 6 nitrogen and oxygen atoms in total. The number of hydrogen-bond donors (Lipinski definition) is 2. The van der Waals surface area contributed by atoms with E-state index in [4.69, 9.17) is 0 Å². The lowest BCUT2D eigenvalue weighted by Crippen LogP contribution is -2.58. The van der Waals surface area contributed by atoms with E-state index in [0.29, 0.717) is 30.8 Å². The van der Waals surface area contributed by atoms with Crippen molar-refractivity contribution in [2.24, 2.45) is 11.8 Å². The first kappa shape index (κ1) is 22.0. The molecule has 2 aliphatic heterocycles. The lowest BCUT2D eigenvalue weighted by Gasteiger charge is -2.46. The van der Waals surface area contributed by atoms with Crippen molar-refractivity contribution in [3.8, 4) is 0 Å². The Hall–Kier alpha value is -1.21. The molecule has 5 unspecified atom stereocenters. The van der Waals surface area contributed by atoms with Crippen molar-refractivity contribution >= 4 is 11.8 Å². The van der Waals surface area contributed by atoms with Gasteiger partial charge in [0.1, 0.15) is 6.17 Å². The summed E-state index contributed by atoms with van der Waals surface area (Å²) < 4.78 is 14.4. The van der Waals surface area contributed by atoms with Crippen LogP contribution in [0, 0.1) is 11.8 Å². The summed E-state index contributed by atoms with van der Waals surface area (Å²) in [6.45, 7) is 8.53. The van der Waals surface area contributed by atoms with E-state index in [0.717, 1.165) is 51.7 Å². The van der Waals surface area contributed by atoms with Gasteiger partial charge in [-0.1, -0.05) is 6.92 Å². The van der Waals surface area contributed by atoms with Gasteiger partial charge in [0.15, 0.2) is 0 Å². The second kappa shape index (κ2) is 9.11. The summed E-state index contributed by atoms with van der Waals surface area (Å²) in [5, 5.41) is 6.76. The van der Waals surface area contributed by atoms with E-state index in [1.54, 1.807) is 6.92 Å². The van der Waals surface area contributed by atoms with E-state index in [1.807, 2.05) is 4.90 Å². The van der Waals surface area contributed by atoms with Crippen LogP contribution in [0.15, 0.2) is 0 Å². The maximum absolute atomic E-state index is 14.4. The van der Waals surface area contributed by atoms with Crippen LogP contribution in [-0.4, -0.2) is 77.6 Å². The quantitative estimate of drug-likeness (QED) is 0.731. The number of fused-ring (bicyclic) bond motifs is 1. The zero-order valence-corrected chi connectivity index (χ0v) is 18.8. The molecule has 2 aliphatic carbocycles. The maximum atomic E-state index is 14.4.